The molecule has 0 bridgehead atoms. The second-order valence-corrected chi connectivity index (χ2v) is 43.6. The number of ether oxygens (including phenoxy) is 19. The summed E-state index contributed by atoms with van der Waals surface area (Å²) in [4.78, 5) is 0. The lowest BCUT2D eigenvalue weighted by Gasteiger charge is -2.63. The van der Waals surface area contributed by atoms with E-state index in [4.69, 9.17) is 90.0 Å². The fourth-order valence-electron chi connectivity index (χ4n) is 26.9. The molecule has 117 heavy (non-hydrogen) atoms. The Morgan fingerprint density at radius 1 is 0.402 bits per heavy atom. The zero-order valence-electron chi connectivity index (χ0n) is 71.9. The summed E-state index contributed by atoms with van der Waals surface area (Å²) in [5.41, 5.74) is -10.9. The van der Waals surface area contributed by atoms with Gasteiger partial charge in [-0.1, -0.05) is 32.1 Å². The van der Waals surface area contributed by atoms with E-state index in [0.717, 1.165) is 6.42 Å². The molecule has 0 spiro atoms. The van der Waals surface area contributed by atoms with Gasteiger partial charge in [-0.05, 0) is 172 Å². The predicted molar refractivity (Wildman–Crippen MR) is 418 cm³/mol. The second kappa shape index (κ2) is 29.2. The van der Waals surface area contributed by atoms with Crippen molar-refractivity contribution in [1.82, 2.24) is 0 Å². The lowest BCUT2D eigenvalue weighted by Crippen LogP contribution is -2.78. The average Bonchev–Trinajstić information content (AvgIpc) is 1.65. The number of allylic oxidation sites excluding steroid dienone is 1. The Morgan fingerprint density at radius 2 is 1.01 bits per heavy atom. The van der Waals surface area contributed by atoms with Crippen LogP contribution in [0.2, 0.25) is 0 Å². The van der Waals surface area contributed by atoms with Crippen LogP contribution in [-0.2, 0) is 90.0 Å². The summed E-state index contributed by atoms with van der Waals surface area (Å²) in [7, 11) is 0. The van der Waals surface area contributed by atoms with Gasteiger partial charge in [0.1, 0.15) is 66.1 Å². The Hall–Kier alpha value is -1.60. The molecule has 27 nitrogen and oxygen atoms in total. The Bertz CT molecular complexity index is 3710. The first-order valence-electron chi connectivity index (χ1n) is 45.4. The molecule has 0 saturated carbocycles. The molecule has 27 heteroatoms. The van der Waals surface area contributed by atoms with Crippen molar-refractivity contribution in [3.8, 4) is 0 Å². The van der Waals surface area contributed by atoms with E-state index in [-0.39, 0.29) is 105 Å². The average molecular weight is 1650 g/mol. The number of aliphatic hydroxyl groups excluding tert-OH is 8. The first kappa shape index (κ1) is 84.9. The van der Waals surface area contributed by atoms with Gasteiger partial charge >= 0.3 is 0 Å². The van der Waals surface area contributed by atoms with Crippen LogP contribution >= 0.6 is 0 Å². The first-order chi connectivity index (χ1) is 55.0. The summed E-state index contributed by atoms with van der Waals surface area (Å²) in [6.45, 7) is 35.3. The van der Waals surface area contributed by atoms with Crippen LogP contribution in [0.25, 0.3) is 0 Å². The Morgan fingerprint density at radius 3 is 1.78 bits per heavy atom. The molecule has 19 heterocycles. The molecule has 662 valence electrons. The third kappa shape index (κ3) is 13.9. The van der Waals surface area contributed by atoms with E-state index >= 15 is 0 Å². The largest absolute Gasteiger partial charge is 0.390 e. The maximum absolute atomic E-state index is 12.7. The third-order valence-corrected chi connectivity index (χ3v) is 34.6. The minimum Gasteiger partial charge on any atom is -0.390 e. The summed E-state index contributed by atoms with van der Waals surface area (Å²) < 4.78 is 135. The molecular weight excluding hydrogens is 1510 g/mol. The van der Waals surface area contributed by atoms with Gasteiger partial charge < -0.3 is 131 Å². The molecule has 18 fully saturated rings. The lowest BCUT2D eigenvalue weighted by molar-refractivity contribution is -0.398. The van der Waals surface area contributed by atoms with Crippen molar-refractivity contribution in [2.24, 2.45) is 11.8 Å². The Labute approximate surface area is 690 Å². The highest BCUT2D eigenvalue weighted by molar-refractivity contribution is 5.22. The van der Waals surface area contributed by atoms with Gasteiger partial charge in [0.25, 0.3) is 0 Å². The zero-order valence-corrected chi connectivity index (χ0v) is 71.9. The van der Waals surface area contributed by atoms with Crippen LogP contribution in [0.3, 0.4) is 0 Å². The van der Waals surface area contributed by atoms with Gasteiger partial charge in [-0.15, -0.1) is 6.58 Å². The summed E-state index contributed by atoms with van der Waals surface area (Å²) in [5.74, 6) is 0.545. The molecule has 8 N–H and O–H groups in total. The minimum absolute atomic E-state index is 0.0502. The maximum atomic E-state index is 12.7. The summed E-state index contributed by atoms with van der Waals surface area (Å²) in [6, 6.07) is 0. The van der Waals surface area contributed by atoms with Gasteiger partial charge in [-0.3, -0.25) is 0 Å². The van der Waals surface area contributed by atoms with E-state index in [1.165, 1.54) is 0 Å². The van der Waals surface area contributed by atoms with Crippen molar-refractivity contribution in [3.63, 3.8) is 0 Å². The fourth-order valence-corrected chi connectivity index (χ4v) is 26.9. The number of rotatable bonds is 9. The topological polar surface area (TPSA) is 337 Å². The Balaban J connectivity index is 0.482. The molecule has 47 atom stereocenters. The van der Waals surface area contributed by atoms with Gasteiger partial charge in [0.15, 0.2) is 0 Å². The summed E-state index contributed by atoms with van der Waals surface area (Å²) in [5, 5.41) is 92.7. The molecule has 19 aliphatic rings. The first-order valence-corrected chi connectivity index (χ1v) is 45.4. The highest BCUT2D eigenvalue weighted by atomic mass is 16.7. The van der Waals surface area contributed by atoms with E-state index < -0.39 is 189 Å². The molecule has 0 aromatic carbocycles. The van der Waals surface area contributed by atoms with Crippen LogP contribution in [0.1, 0.15) is 252 Å². The molecule has 0 aliphatic carbocycles. The number of hydrogen-bond donors (Lipinski definition) is 8. The van der Waals surface area contributed by atoms with Crippen molar-refractivity contribution < 1.29 is 131 Å². The van der Waals surface area contributed by atoms with Gasteiger partial charge in [-0.2, -0.15) is 0 Å². The highest BCUT2D eigenvalue weighted by Crippen LogP contribution is 2.62. The van der Waals surface area contributed by atoms with Crippen molar-refractivity contribution in [3.05, 3.63) is 24.8 Å². The third-order valence-electron chi connectivity index (χ3n) is 34.6. The molecule has 18 saturated heterocycles. The van der Waals surface area contributed by atoms with Crippen LogP contribution < -0.4 is 0 Å². The quantitative estimate of drug-likeness (QED) is 0.106. The molecule has 0 amide bonds. The smallest absolute Gasteiger partial charge is 0.120 e. The van der Waals surface area contributed by atoms with E-state index in [9.17, 15) is 40.9 Å². The predicted octanol–water partition coefficient (Wildman–Crippen LogP) is 7.14. The van der Waals surface area contributed by atoms with Crippen LogP contribution in [0.15, 0.2) is 24.8 Å². The molecular formula is C90H140O27. The summed E-state index contributed by atoms with van der Waals surface area (Å²) in [6.07, 6.45) is -1.80. The standard InChI is InChI=1S/C90H140O27/c1-17-19-44(2)45(3)30-46(91)71(96)53-24-26-80(6)62(102-53)35-65-88(14,116-80)43-87(13)61(104-65)32-54-51(109-87)21-18-20-50-57(100-54)38-84(10)64(101-50)36-63-81(7,115-84)29-28-79(5)68(105-63)39-85(11)67(111-79)34-58(95)89(15,117-85)60-23-22-52-55(103-60)33-66-83(9,108-52)40-69-78(4,110-66)27-25-59-82(8,112-69)41-70-90(16,114-59)76(98)77-86(12,113-70)37-48(93)74(107-77)73-47(92)31-56-75(106-73)72(97)49(94)42-99-56/h17-18,21,44-77,91-98H,1,19-20,22-43H2,2-16H3. The van der Waals surface area contributed by atoms with Gasteiger partial charge in [0.2, 0.25) is 0 Å². The van der Waals surface area contributed by atoms with Crippen molar-refractivity contribution in [2.75, 3.05) is 6.61 Å². The van der Waals surface area contributed by atoms with E-state index in [1.807, 2.05) is 26.8 Å². The van der Waals surface area contributed by atoms with E-state index in [2.05, 4.69) is 102 Å². The second-order valence-electron chi connectivity index (χ2n) is 43.6. The maximum Gasteiger partial charge on any atom is 0.120 e. The van der Waals surface area contributed by atoms with Crippen molar-refractivity contribution in [2.45, 2.75) is 520 Å². The molecule has 0 radical (unpaired) electrons. The van der Waals surface area contributed by atoms with Gasteiger partial charge in [0, 0.05) is 77.0 Å². The van der Waals surface area contributed by atoms with Crippen LogP contribution in [0.5, 0.6) is 0 Å². The van der Waals surface area contributed by atoms with E-state index in [1.54, 1.807) is 0 Å². The molecule has 0 aromatic rings. The van der Waals surface area contributed by atoms with Crippen LogP contribution in [0, 0.1) is 11.8 Å². The zero-order chi connectivity index (χ0) is 82.7. The molecule has 0 aromatic heterocycles. The molecule has 19 aliphatic heterocycles. The summed E-state index contributed by atoms with van der Waals surface area (Å²) >= 11 is 0. The molecule has 47 unspecified atom stereocenters. The lowest BCUT2D eigenvalue weighted by atomic mass is 9.69. The van der Waals surface area contributed by atoms with Crippen molar-refractivity contribution >= 4 is 0 Å². The number of aliphatic hydroxyl groups is 8. The normalized spacial score (nSPS) is 60.4. The minimum atomic E-state index is -1.28. The Kier molecular flexibility index (Phi) is 21.2. The van der Waals surface area contributed by atoms with Crippen LogP contribution in [-0.4, -0.2) is 316 Å². The monoisotopic (exact) mass is 1650 g/mol. The fraction of sp³-hybridized carbons (Fsp3) is 0.956. The van der Waals surface area contributed by atoms with Gasteiger partial charge in [-0.25, -0.2) is 0 Å². The van der Waals surface area contributed by atoms with Crippen molar-refractivity contribution in [1.29, 1.82) is 0 Å². The van der Waals surface area contributed by atoms with Gasteiger partial charge in [0.05, 0.1) is 209 Å². The number of hydrogen-bond acceptors (Lipinski definition) is 27. The van der Waals surface area contributed by atoms with E-state index in [0.29, 0.717) is 134 Å². The number of fused-ring (bicyclic) bond motifs is 16. The van der Waals surface area contributed by atoms with Crippen LogP contribution in [0.4, 0.5) is 0 Å². The molecule has 19 rings (SSSR count). The SMILES string of the molecule is C=CCC(C)C(C)CC(O)C(O)C1CCC2(C)OC3(C)CC4(C)OC5C=CCC6OC7CC8OC9CC%10(C)OC(C)(C%11CCC%12OC%13(C)CC%14OC%15(C)CC%16OC%17(C)CC(O)C(C%18OC%19C(CC%18O)OCC(O)C%19O)OC%17C(O)C%16(C)OC%15CCC%14(C)OC%13CC%12O%11)C(O)CC%10OC9(C)CCC8(C)OC7(C)CC6OC5CC4OC3CC2O1. The highest BCUT2D eigenvalue weighted by Gasteiger charge is 2.73.